The minimum Gasteiger partial charge on any atom is -0.505 e. The summed E-state index contributed by atoms with van der Waals surface area (Å²) in [5, 5.41) is 14.6. The molecule has 4 nitrogen and oxygen atoms in total. The molecule has 16 heavy (non-hydrogen) atoms. The first-order valence-electron chi connectivity index (χ1n) is 5.02. The van der Waals surface area contributed by atoms with Crippen LogP contribution in [-0.2, 0) is 11.3 Å². The average molecular weight is 226 g/mol. The summed E-state index contributed by atoms with van der Waals surface area (Å²) in [4.78, 5) is 10.5. The van der Waals surface area contributed by atoms with Crippen molar-refractivity contribution in [1.29, 1.82) is 0 Å². The lowest BCUT2D eigenvalue weighted by Crippen LogP contribution is -2.29. The molecular formula is C11H15FN2O2. The molecule has 1 amide bonds. The third kappa shape index (κ3) is 4.27. The molecule has 0 spiro atoms. The van der Waals surface area contributed by atoms with Crippen LogP contribution in [0.2, 0.25) is 0 Å². The number of halogens is 1. The van der Waals surface area contributed by atoms with E-state index >= 15 is 0 Å². The van der Waals surface area contributed by atoms with Crippen LogP contribution in [0.25, 0.3) is 0 Å². The van der Waals surface area contributed by atoms with Gasteiger partial charge >= 0.3 is 0 Å². The molecule has 0 saturated carbocycles. The van der Waals surface area contributed by atoms with Gasteiger partial charge in [0.05, 0.1) is 0 Å². The van der Waals surface area contributed by atoms with Crippen molar-refractivity contribution in [2.45, 2.75) is 13.5 Å². The van der Waals surface area contributed by atoms with Gasteiger partial charge in [-0.3, -0.25) is 4.79 Å². The van der Waals surface area contributed by atoms with Gasteiger partial charge in [0.15, 0.2) is 11.6 Å². The summed E-state index contributed by atoms with van der Waals surface area (Å²) < 4.78 is 12.9. The quantitative estimate of drug-likeness (QED) is 0.649. The van der Waals surface area contributed by atoms with Crippen molar-refractivity contribution in [3.63, 3.8) is 0 Å². The van der Waals surface area contributed by atoms with E-state index in [4.69, 9.17) is 5.11 Å². The Morgan fingerprint density at radius 2 is 2.19 bits per heavy atom. The monoisotopic (exact) mass is 226 g/mol. The van der Waals surface area contributed by atoms with Crippen LogP contribution in [0.4, 0.5) is 4.39 Å². The van der Waals surface area contributed by atoms with Crippen LogP contribution < -0.4 is 10.6 Å². The Bertz CT molecular complexity index is 369. The van der Waals surface area contributed by atoms with Gasteiger partial charge in [0, 0.05) is 26.6 Å². The van der Waals surface area contributed by atoms with Crippen molar-refractivity contribution in [2.24, 2.45) is 0 Å². The molecule has 1 rings (SSSR count). The molecule has 0 aliphatic heterocycles. The van der Waals surface area contributed by atoms with Crippen molar-refractivity contribution >= 4 is 5.91 Å². The van der Waals surface area contributed by atoms with E-state index in [1.807, 2.05) is 0 Å². The Morgan fingerprint density at radius 1 is 1.44 bits per heavy atom. The van der Waals surface area contributed by atoms with Gasteiger partial charge in [-0.25, -0.2) is 4.39 Å². The van der Waals surface area contributed by atoms with Crippen LogP contribution in [0.1, 0.15) is 12.5 Å². The highest BCUT2D eigenvalue weighted by atomic mass is 19.1. The number of nitrogens with one attached hydrogen (secondary N) is 2. The molecule has 1 aromatic rings. The first-order chi connectivity index (χ1) is 7.59. The van der Waals surface area contributed by atoms with Crippen molar-refractivity contribution in [3.8, 4) is 5.75 Å². The lowest BCUT2D eigenvalue weighted by molar-refractivity contribution is -0.118. The fourth-order valence-corrected chi connectivity index (χ4v) is 1.22. The fraction of sp³-hybridized carbons (Fsp3) is 0.364. The molecule has 0 heterocycles. The maximum atomic E-state index is 12.9. The Balaban J connectivity index is 2.27. The van der Waals surface area contributed by atoms with Gasteiger partial charge in [0.1, 0.15) is 0 Å². The summed E-state index contributed by atoms with van der Waals surface area (Å²) in [6, 6.07) is 4.24. The Morgan fingerprint density at radius 3 is 2.81 bits per heavy atom. The number of aromatic hydroxyl groups is 1. The lowest BCUT2D eigenvalue weighted by Gasteiger charge is -2.06. The smallest absolute Gasteiger partial charge is 0.216 e. The van der Waals surface area contributed by atoms with Crippen LogP contribution in [0.5, 0.6) is 5.75 Å². The predicted molar refractivity (Wildman–Crippen MR) is 58.5 cm³/mol. The van der Waals surface area contributed by atoms with Gasteiger partial charge in [-0.2, -0.15) is 0 Å². The fourth-order valence-electron chi connectivity index (χ4n) is 1.22. The number of hydrogen-bond donors (Lipinski definition) is 3. The normalized spacial score (nSPS) is 10.1. The van der Waals surface area contributed by atoms with E-state index in [0.29, 0.717) is 19.6 Å². The topological polar surface area (TPSA) is 61.4 Å². The molecule has 0 fully saturated rings. The number of amides is 1. The zero-order valence-corrected chi connectivity index (χ0v) is 9.09. The second kappa shape index (κ2) is 6.07. The zero-order chi connectivity index (χ0) is 12.0. The number of hydrogen-bond acceptors (Lipinski definition) is 3. The molecule has 0 aliphatic rings. The molecule has 0 aliphatic carbocycles. The van der Waals surface area contributed by atoms with Crippen LogP contribution in [0.15, 0.2) is 18.2 Å². The molecule has 1 aromatic carbocycles. The third-order valence-electron chi connectivity index (χ3n) is 2.02. The largest absolute Gasteiger partial charge is 0.505 e. The molecule has 0 saturated heterocycles. The summed E-state index contributed by atoms with van der Waals surface area (Å²) in [5.74, 6) is -1.04. The molecular weight excluding hydrogens is 211 g/mol. The van der Waals surface area contributed by atoms with Crippen LogP contribution >= 0.6 is 0 Å². The summed E-state index contributed by atoms with van der Waals surface area (Å²) in [5.41, 5.74) is 0.748. The first kappa shape index (κ1) is 12.4. The summed E-state index contributed by atoms with van der Waals surface area (Å²) in [7, 11) is 0. The van der Waals surface area contributed by atoms with Crippen molar-refractivity contribution < 1.29 is 14.3 Å². The molecule has 0 aromatic heterocycles. The van der Waals surface area contributed by atoms with E-state index in [1.165, 1.54) is 19.1 Å². The predicted octanol–water partition coefficient (Wildman–Crippen LogP) is 0.757. The molecule has 0 unspecified atom stereocenters. The second-order valence-corrected chi connectivity index (χ2v) is 3.45. The third-order valence-corrected chi connectivity index (χ3v) is 2.02. The van der Waals surface area contributed by atoms with Crippen LogP contribution in [-0.4, -0.2) is 24.1 Å². The number of benzene rings is 1. The summed E-state index contributed by atoms with van der Waals surface area (Å²) in [6.45, 7) is 3.10. The summed E-state index contributed by atoms with van der Waals surface area (Å²) >= 11 is 0. The molecule has 5 heteroatoms. The van der Waals surface area contributed by atoms with E-state index in [0.717, 1.165) is 5.56 Å². The maximum absolute atomic E-state index is 12.9. The second-order valence-electron chi connectivity index (χ2n) is 3.45. The van der Waals surface area contributed by atoms with Crippen LogP contribution in [0, 0.1) is 5.82 Å². The van der Waals surface area contributed by atoms with Gasteiger partial charge in [0.25, 0.3) is 0 Å². The maximum Gasteiger partial charge on any atom is 0.216 e. The van der Waals surface area contributed by atoms with Crippen molar-refractivity contribution in [2.75, 3.05) is 13.1 Å². The van der Waals surface area contributed by atoms with Crippen molar-refractivity contribution in [1.82, 2.24) is 10.6 Å². The van der Waals surface area contributed by atoms with E-state index in [2.05, 4.69) is 10.6 Å². The highest BCUT2D eigenvalue weighted by Crippen LogP contribution is 2.15. The molecule has 0 radical (unpaired) electrons. The number of carbonyl (C=O) groups excluding carboxylic acids is 1. The number of rotatable bonds is 5. The van der Waals surface area contributed by atoms with Gasteiger partial charge in [-0.15, -0.1) is 0 Å². The van der Waals surface area contributed by atoms with Crippen LogP contribution in [0.3, 0.4) is 0 Å². The average Bonchev–Trinajstić information content (AvgIpc) is 2.22. The number of carbonyl (C=O) groups is 1. The minimum absolute atomic E-state index is 0.0718. The molecule has 3 N–H and O–H groups in total. The first-order valence-corrected chi connectivity index (χ1v) is 5.02. The highest BCUT2D eigenvalue weighted by molar-refractivity contribution is 5.72. The Hall–Kier alpha value is -1.62. The molecule has 0 bridgehead atoms. The molecule has 0 atom stereocenters. The standard InChI is InChI=1S/C11H15FN2O2/c1-8(15)14-5-4-13-7-9-2-3-11(16)10(12)6-9/h2-3,6,13,16H,4-5,7H2,1H3,(H,14,15). The van der Waals surface area contributed by atoms with Crippen molar-refractivity contribution in [3.05, 3.63) is 29.6 Å². The zero-order valence-electron chi connectivity index (χ0n) is 9.09. The highest BCUT2D eigenvalue weighted by Gasteiger charge is 2.00. The van der Waals surface area contributed by atoms with E-state index in [-0.39, 0.29) is 11.7 Å². The van der Waals surface area contributed by atoms with E-state index in [9.17, 15) is 9.18 Å². The molecule has 88 valence electrons. The lowest BCUT2D eigenvalue weighted by atomic mass is 10.2. The van der Waals surface area contributed by atoms with E-state index < -0.39 is 5.82 Å². The SMILES string of the molecule is CC(=O)NCCNCc1ccc(O)c(F)c1. The Labute approximate surface area is 93.5 Å². The van der Waals surface area contributed by atoms with Gasteiger partial charge < -0.3 is 15.7 Å². The van der Waals surface area contributed by atoms with E-state index in [1.54, 1.807) is 6.07 Å². The minimum atomic E-state index is -0.624. The van der Waals surface area contributed by atoms with Gasteiger partial charge in [-0.05, 0) is 17.7 Å². The van der Waals surface area contributed by atoms with Gasteiger partial charge in [-0.1, -0.05) is 6.07 Å². The summed E-state index contributed by atoms with van der Waals surface area (Å²) in [6.07, 6.45) is 0. The Kier molecular flexibility index (Phi) is 4.72. The number of phenols is 1. The number of phenolic OH excluding ortho intramolecular Hbond substituents is 1. The van der Waals surface area contributed by atoms with Gasteiger partial charge in [0.2, 0.25) is 5.91 Å².